The fourth-order valence-corrected chi connectivity index (χ4v) is 6.02. The normalized spacial score (nSPS) is 13.0. The number of thiophene rings is 1. The van der Waals surface area contributed by atoms with E-state index in [0.29, 0.717) is 16.1 Å². The summed E-state index contributed by atoms with van der Waals surface area (Å²) in [6.45, 7) is 2.16. The Balaban J connectivity index is 1.55. The lowest BCUT2D eigenvalue weighted by Crippen LogP contribution is -2.19. The van der Waals surface area contributed by atoms with Gasteiger partial charge in [-0.05, 0) is 55.4 Å². The number of benzene rings is 2. The van der Waals surface area contributed by atoms with Crippen molar-refractivity contribution in [1.29, 1.82) is 0 Å². The summed E-state index contributed by atoms with van der Waals surface area (Å²) in [6, 6.07) is 17.8. The molecule has 0 aliphatic heterocycles. The van der Waals surface area contributed by atoms with E-state index < -0.39 is 5.91 Å². The third kappa shape index (κ3) is 4.21. The fourth-order valence-electron chi connectivity index (χ4n) is 4.73. The first-order valence-corrected chi connectivity index (χ1v) is 12.6. The van der Waals surface area contributed by atoms with Crippen molar-refractivity contribution in [1.82, 2.24) is 4.98 Å². The molecule has 0 saturated carbocycles. The molecule has 172 valence electrons. The average Bonchev–Trinajstić information content (AvgIpc) is 3.22. The van der Waals surface area contributed by atoms with E-state index in [1.807, 2.05) is 30.3 Å². The second kappa shape index (κ2) is 9.39. The highest BCUT2D eigenvalue weighted by Gasteiger charge is 2.26. The summed E-state index contributed by atoms with van der Waals surface area (Å²) in [7, 11) is 0. The Morgan fingerprint density at radius 1 is 1.06 bits per heavy atom. The van der Waals surface area contributed by atoms with Crippen molar-refractivity contribution in [3.63, 3.8) is 0 Å². The Hall–Kier alpha value is -3.51. The predicted octanol–water partition coefficient (Wildman–Crippen LogP) is 6.15. The number of carbonyl (C=O) groups is 2. The SMILES string of the molecule is CCCc1ccc(-c2cc(C(=O)Nc3sc4c(c3C(N)=O)CCCC4)c3ccccc3n2)cc1. The first-order valence-electron chi connectivity index (χ1n) is 11.8. The van der Waals surface area contributed by atoms with Gasteiger partial charge in [0.2, 0.25) is 0 Å². The lowest BCUT2D eigenvalue weighted by Gasteiger charge is -2.12. The number of hydrogen-bond acceptors (Lipinski definition) is 4. The monoisotopic (exact) mass is 469 g/mol. The molecule has 5 nitrogen and oxygen atoms in total. The molecule has 1 aliphatic carbocycles. The molecule has 0 fully saturated rings. The molecule has 4 aromatic rings. The van der Waals surface area contributed by atoms with E-state index in [4.69, 9.17) is 10.7 Å². The zero-order chi connectivity index (χ0) is 23.7. The average molecular weight is 470 g/mol. The number of anilines is 1. The summed E-state index contributed by atoms with van der Waals surface area (Å²) in [5.74, 6) is -0.745. The number of hydrogen-bond donors (Lipinski definition) is 2. The van der Waals surface area contributed by atoms with Gasteiger partial charge in [-0.15, -0.1) is 11.3 Å². The second-order valence-electron chi connectivity index (χ2n) is 8.75. The van der Waals surface area contributed by atoms with Gasteiger partial charge in [0.1, 0.15) is 5.00 Å². The van der Waals surface area contributed by atoms with E-state index >= 15 is 0 Å². The Morgan fingerprint density at radius 3 is 2.59 bits per heavy atom. The molecular formula is C28H27N3O2S. The Kier molecular flexibility index (Phi) is 6.16. The molecule has 2 aromatic heterocycles. The number of para-hydroxylation sites is 1. The molecule has 0 bridgehead atoms. The molecule has 0 unspecified atom stereocenters. The van der Waals surface area contributed by atoms with E-state index in [1.54, 1.807) is 0 Å². The number of fused-ring (bicyclic) bond motifs is 2. The minimum Gasteiger partial charge on any atom is -0.365 e. The highest BCUT2D eigenvalue weighted by atomic mass is 32.1. The maximum Gasteiger partial charge on any atom is 0.257 e. The number of carbonyl (C=O) groups excluding carboxylic acids is 2. The zero-order valence-electron chi connectivity index (χ0n) is 19.2. The van der Waals surface area contributed by atoms with Crippen LogP contribution < -0.4 is 11.1 Å². The van der Waals surface area contributed by atoms with Crippen LogP contribution in [-0.2, 0) is 19.3 Å². The van der Waals surface area contributed by atoms with Gasteiger partial charge in [-0.3, -0.25) is 9.59 Å². The number of primary amides is 1. The molecule has 0 radical (unpaired) electrons. The molecule has 34 heavy (non-hydrogen) atoms. The molecule has 0 spiro atoms. The Morgan fingerprint density at radius 2 is 1.82 bits per heavy atom. The van der Waals surface area contributed by atoms with Crippen molar-refractivity contribution in [2.45, 2.75) is 45.4 Å². The van der Waals surface area contributed by atoms with Gasteiger partial charge in [-0.25, -0.2) is 4.98 Å². The Labute approximate surface area is 203 Å². The molecule has 0 saturated heterocycles. The summed E-state index contributed by atoms with van der Waals surface area (Å²) in [4.78, 5) is 31.8. The van der Waals surface area contributed by atoms with Gasteiger partial charge >= 0.3 is 0 Å². The highest BCUT2D eigenvalue weighted by molar-refractivity contribution is 7.17. The maximum absolute atomic E-state index is 13.6. The number of amides is 2. The van der Waals surface area contributed by atoms with Crippen LogP contribution in [0, 0.1) is 0 Å². The van der Waals surface area contributed by atoms with Crippen LogP contribution in [0.25, 0.3) is 22.2 Å². The van der Waals surface area contributed by atoms with Crippen molar-refractivity contribution < 1.29 is 9.59 Å². The van der Waals surface area contributed by atoms with Gasteiger partial charge in [-0.1, -0.05) is 55.8 Å². The van der Waals surface area contributed by atoms with Crippen LogP contribution >= 0.6 is 11.3 Å². The van der Waals surface area contributed by atoms with Crippen LogP contribution in [0.15, 0.2) is 54.6 Å². The number of nitrogens with zero attached hydrogens (tertiary/aromatic N) is 1. The van der Waals surface area contributed by atoms with Crippen LogP contribution in [0.5, 0.6) is 0 Å². The number of aromatic nitrogens is 1. The standard InChI is InChI=1S/C28H27N3O2S/c1-2-7-17-12-14-18(15-13-17)23-16-21(19-8-3-5-10-22(19)30-23)27(33)31-28-25(26(29)32)20-9-4-6-11-24(20)34-28/h3,5,8,10,12-16H,2,4,6-7,9,11H2,1H3,(H2,29,32)(H,31,33). The lowest BCUT2D eigenvalue weighted by molar-refractivity contribution is 0.100. The number of pyridine rings is 1. The van der Waals surface area contributed by atoms with Crippen molar-refractivity contribution in [3.8, 4) is 11.3 Å². The molecule has 6 heteroatoms. The van der Waals surface area contributed by atoms with E-state index in [-0.39, 0.29) is 5.91 Å². The van der Waals surface area contributed by atoms with Crippen LogP contribution in [0.1, 0.15) is 62.9 Å². The maximum atomic E-state index is 13.6. The van der Waals surface area contributed by atoms with E-state index in [9.17, 15) is 9.59 Å². The molecule has 2 amide bonds. The minimum atomic E-state index is -0.484. The molecule has 2 heterocycles. The molecule has 3 N–H and O–H groups in total. The Bertz CT molecular complexity index is 1390. The van der Waals surface area contributed by atoms with Gasteiger partial charge in [0.25, 0.3) is 11.8 Å². The van der Waals surface area contributed by atoms with Gasteiger partial charge in [0, 0.05) is 15.8 Å². The molecule has 0 atom stereocenters. The van der Waals surface area contributed by atoms with E-state index in [2.05, 4.69) is 36.5 Å². The highest BCUT2D eigenvalue weighted by Crippen LogP contribution is 2.38. The van der Waals surface area contributed by atoms with Crippen molar-refractivity contribution >= 4 is 39.1 Å². The number of aryl methyl sites for hydroxylation is 2. The van der Waals surface area contributed by atoms with Crippen LogP contribution in [0.4, 0.5) is 5.00 Å². The summed E-state index contributed by atoms with van der Waals surface area (Å²) in [5, 5.41) is 4.34. The fraction of sp³-hybridized carbons (Fsp3) is 0.250. The van der Waals surface area contributed by atoms with Gasteiger partial charge in [0.15, 0.2) is 0 Å². The van der Waals surface area contributed by atoms with E-state index in [0.717, 1.165) is 71.1 Å². The first-order chi connectivity index (χ1) is 16.5. The number of nitrogens with two attached hydrogens (primary N) is 1. The molecule has 1 aliphatic rings. The largest absolute Gasteiger partial charge is 0.365 e. The third-order valence-corrected chi connectivity index (χ3v) is 7.60. The zero-order valence-corrected chi connectivity index (χ0v) is 20.0. The van der Waals surface area contributed by atoms with Gasteiger partial charge < -0.3 is 11.1 Å². The molecular weight excluding hydrogens is 442 g/mol. The second-order valence-corrected chi connectivity index (χ2v) is 9.86. The summed E-state index contributed by atoms with van der Waals surface area (Å²) in [6.07, 6.45) is 6.01. The quantitative estimate of drug-likeness (QED) is 0.355. The van der Waals surface area contributed by atoms with Crippen LogP contribution in [0.2, 0.25) is 0 Å². The lowest BCUT2D eigenvalue weighted by atomic mass is 9.95. The first kappa shape index (κ1) is 22.3. The van der Waals surface area contributed by atoms with Crippen molar-refractivity contribution in [2.24, 2.45) is 5.73 Å². The summed E-state index contributed by atoms with van der Waals surface area (Å²) >= 11 is 1.48. The van der Waals surface area contributed by atoms with Gasteiger partial charge in [-0.2, -0.15) is 0 Å². The number of rotatable bonds is 6. The molecule has 2 aromatic carbocycles. The topological polar surface area (TPSA) is 85.1 Å². The van der Waals surface area contributed by atoms with Gasteiger partial charge in [0.05, 0.1) is 22.3 Å². The van der Waals surface area contributed by atoms with Crippen LogP contribution in [-0.4, -0.2) is 16.8 Å². The molecule has 5 rings (SSSR count). The van der Waals surface area contributed by atoms with Crippen molar-refractivity contribution in [3.05, 3.63) is 81.7 Å². The summed E-state index contributed by atoms with van der Waals surface area (Å²) < 4.78 is 0. The minimum absolute atomic E-state index is 0.261. The third-order valence-electron chi connectivity index (χ3n) is 6.39. The smallest absolute Gasteiger partial charge is 0.257 e. The van der Waals surface area contributed by atoms with Crippen LogP contribution in [0.3, 0.4) is 0 Å². The predicted molar refractivity (Wildman–Crippen MR) is 139 cm³/mol. The number of nitrogens with one attached hydrogen (secondary N) is 1. The van der Waals surface area contributed by atoms with E-state index in [1.165, 1.54) is 16.9 Å². The van der Waals surface area contributed by atoms with Crippen molar-refractivity contribution in [2.75, 3.05) is 5.32 Å². The summed E-state index contributed by atoms with van der Waals surface area (Å²) in [5.41, 5.74) is 11.5.